The van der Waals surface area contributed by atoms with Crippen LogP contribution in [0.3, 0.4) is 0 Å². The molecule has 6 heteroatoms. The van der Waals surface area contributed by atoms with Gasteiger partial charge in [0.1, 0.15) is 0 Å². The lowest BCUT2D eigenvalue weighted by Gasteiger charge is -1.84. The van der Waals surface area contributed by atoms with Crippen LogP contribution in [0.4, 0.5) is 0 Å². The summed E-state index contributed by atoms with van der Waals surface area (Å²) in [6.07, 6.45) is 0. The van der Waals surface area contributed by atoms with Crippen molar-refractivity contribution in [2.75, 3.05) is 0 Å². The van der Waals surface area contributed by atoms with Crippen LogP contribution < -0.4 is 22.5 Å². The van der Waals surface area contributed by atoms with Gasteiger partial charge < -0.3 is 8.83 Å². The van der Waals surface area contributed by atoms with Gasteiger partial charge in [0.15, 0.2) is 0 Å². The average Bonchev–Trinajstić information content (AvgIpc) is 2.81. The molecule has 0 radical (unpaired) electrons. The number of furan rings is 2. The van der Waals surface area contributed by atoms with E-state index in [9.17, 15) is 19.2 Å². The van der Waals surface area contributed by atoms with Crippen LogP contribution in [0.25, 0.3) is 21.5 Å². The van der Waals surface area contributed by atoms with E-state index in [1.807, 2.05) is 13.8 Å². The second-order valence-corrected chi connectivity index (χ2v) is 3.26. The highest BCUT2D eigenvalue weighted by Gasteiger charge is 2.18. The average molecular weight is 248 g/mol. The summed E-state index contributed by atoms with van der Waals surface area (Å²) in [6, 6.07) is 2.53. The third-order valence-corrected chi connectivity index (χ3v) is 2.42. The highest BCUT2D eigenvalue weighted by molar-refractivity contribution is 6.05. The molecule has 0 N–H and O–H groups in total. The molecule has 2 aromatic heterocycles. The number of hydrogen-bond acceptors (Lipinski definition) is 6. The van der Waals surface area contributed by atoms with Crippen molar-refractivity contribution in [1.82, 2.24) is 0 Å². The maximum atomic E-state index is 11.3. The lowest BCUT2D eigenvalue weighted by atomic mass is 10.1. The van der Waals surface area contributed by atoms with Crippen LogP contribution in [0.5, 0.6) is 0 Å². The Morgan fingerprint density at radius 3 is 1.33 bits per heavy atom. The maximum Gasteiger partial charge on any atom is 0.347 e. The Bertz CT molecular complexity index is 840. The van der Waals surface area contributed by atoms with Crippen molar-refractivity contribution in [3.63, 3.8) is 0 Å². The van der Waals surface area contributed by atoms with E-state index < -0.39 is 22.5 Å². The largest absolute Gasteiger partial charge is 0.386 e. The molecule has 0 fully saturated rings. The SMILES string of the molecule is CC.O=c1oc(=O)c2c1ccc1c(=O)oc(=O)c12. The highest BCUT2D eigenvalue weighted by atomic mass is 16.4. The van der Waals surface area contributed by atoms with Gasteiger partial charge in [0.25, 0.3) is 0 Å². The van der Waals surface area contributed by atoms with Gasteiger partial charge in [0.05, 0.1) is 21.5 Å². The van der Waals surface area contributed by atoms with Crippen LogP contribution in [-0.2, 0) is 0 Å². The van der Waals surface area contributed by atoms with Crippen molar-refractivity contribution in [2.45, 2.75) is 13.8 Å². The summed E-state index contributed by atoms with van der Waals surface area (Å²) in [5, 5.41) is -0.400. The summed E-state index contributed by atoms with van der Waals surface area (Å²) in [5.74, 6) is 0. The fourth-order valence-corrected chi connectivity index (χ4v) is 1.75. The Hall–Kier alpha value is -2.50. The zero-order valence-corrected chi connectivity index (χ0v) is 9.60. The van der Waals surface area contributed by atoms with Crippen molar-refractivity contribution in [3.8, 4) is 0 Å². The second-order valence-electron chi connectivity index (χ2n) is 3.26. The molecule has 0 aliphatic carbocycles. The molecule has 92 valence electrons. The van der Waals surface area contributed by atoms with Crippen molar-refractivity contribution in [2.24, 2.45) is 0 Å². The fourth-order valence-electron chi connectivity index (χ4n) is 1.75. The minimum Gasteiger partial charge on any atom is -0.386 e. The van der Waals surface area contributed by atoms with Crippen LogP contribution in [-0.4, -0.2) is 0 Å². The monoisotopic (exact) mass is 248 g/mol. The lowest BCUT2D eigenvalue weighted by Crippen LogP contribution is -1.98. The molecule has 6 nitrogen and oxygen atoms in total. The standard InChI is InChI=1S/C10H2O6.C2H6/c11-7-3-1-2-4-6(5(3)9(13)15-7)10(14)16-8(4)12;1-2/h1-2H;1-2H3. The van der Waals surface area contributed by atoms with E-state index in [2.05, 4.69) is 8.83 Å². The van der Waals surface area contributed by atoms with Crippen LogP contribution in [0.2, 0.25) is 0 Å². The maximum absolute atomic E-state index is 11.3. The van der Waals surface area contributed by atoms with E-state index in [0.717, 1.165) is 0 Å². The predicted molar refractivity (Wildman–Crippen MR) is 64.8 cm³/mol. The molecule has 0 unspecified atom stereocenters. The van der Waals surface area contributed by atoms with E-state index in [-0.39, 0.29) is 21.5 Å². The first-order valence-electron chi connectivity index (χ1n) is 5.29. The van der Waals surface area contributed by atoms with Gasteiger partial charge in [0.2, 0.25) is 0 Å². The second kappa shape index (κ2) is 4.06. The van der Waals surface area contributed by atoms with Gasteiger partial charge in [-0.05, 0) is 12.1 Å². The Morgan fingerprint density at radius 1 is 0.667 bits per heavy atom. The van der Waals surface area contributed by atoms with Gasteiger partial charge in [-0.1, -0.05) is 13.8 Å². The van der Waals surface area contributed by atoms with E-state index in [1.54, 1.807) is 0 Å². The highest BCUT2D eigenvalue weighted by Crippen LogP contribution is 2.15. The molecule has 3 aromatic rings. The number of rotatable bonds is 0. The Labute approximate surface area is 98.8 Å². The zero-order valence-electron chi connectivity index (χ0n) is 9.60. The number of fused-ring (bicyclic) bond motifs is 3. The molecule has 2 heterocycles. The normalized spacial score (nSPS) is 10.6. The molecule has 0 atom stereocenters. The molecule has 0 saturated heterocycles. The molecule has 0 bridgehead atoms. The smallest absolute Gasteiger partial charge is 0.347 e. The van der Waals surface area contributed by atoms with E-state index in [4.69, 9.17) is 0 Å². The molecule has 0 aliphatic rings. The van der Waals surface area contributed by atoms with E-state index >= 15 is 0 Å². The number of hydrogen-bond donors (Lipinski definition) is 0. The molecule has 0 saturated carbocycles. The topological polar surface area (TPSA) is 94.6 Å². The van der Waals surface area contributed by atoms with Crippen molar-refractivity contribution < 1.29 is 8.83 Å². The van der Waals surface area contributed by atoms with Crippen molar-refractivity contribution in [3.05, 3.63) is 53.8 Å². The number of benzene rings is 1. The van der Waals surface area contributed by atoms with Crippen LogP contribution in [0, 0.1) is 0 Å². The lowest BCUT2D eigenvalue weighted by molar-refractivity contribution is 0.497. The quantitative estimate of drug-likeness (QED) is 0.575. The molecule has 1 aromatic carbocycles. The Morgan fingerprint density at radius 2 is 1.00 bits per heavy atom. The van der Waals surface area contributed by atoms with Gasteiger partial charge in [-0.25, -0.2) is 19.2 Å². The Kier molecular flexibility index (Phi) is 2.70. The van der Waals surface area contributed by atoms with Crippen LogP contribution in [0.15, 0.2) is 40.1 Å². The first-order chi connectivity index (χ1) is 8.59. The summed E-state index contributed by atoms with van der Waals surface area (Å²) in [7, 11) is 0. The summed E-state index contributed by atoms with van der Waals surface area (Å²) < 4.78 is 8.69. The van der Waals surface area contributed by atoms with Gasteiger partial charge in [-0.15, -0.1) is 0 Å². The third kappa shape index (κ3) is 1.42. The Balaban J connectivity index is 0.000000574. The predicted octanol–water partition coefficient (Wildman–Crippen LogP) is 0.522. The minimum absolute atomic E-state index is 0.0181. The third-order valence-electron chi connectivity index (χ3n) is 2.42. The molecular weight excluding hydrogens is 240 g/mol. The zero-order chi connectivity index (χ0) is 13.4. The molecular formula is C12H8O6. The fraction of sp³-hybridized carbons (Fsp3) is 0.167. The molecule has 0 amide bonds. The van der Waals surface area contributed by atoms with Crippen LogP contribution in [0.1, 0.15) is 13.8 Å². The molecule has 0 spiro atoms. The van der Waals surface area contributed by atoms with Gasteiger partial charge >= 0.3 is 22.5 Å². The van der Waals surface area contributed by atoms with Gasteiger partial charge in [-0.2, -0.15) is 0 Å². The molecule has 3 rings (SSSR count). The van der Waals surface area contributed by atoms with E-state index in [0.29, 0.717) is 0 Å². The summed E-state index contributed by atoms with van der Waals surface area (Å²) >= 11 is 0. The summed E-state index contributed by atoms with van der Waals surface area (Å²) in [4.78, 5) is 45.0. The summed E-state index contributed by atoms with van der Waals surface area (Å²) in [5.41, 5.74) is -3.50. The molecule has 0 aliphatic heterocycles. The molecule has 18 heavy (non-hydrogen) atoms. The van der Waals surface area contributed by atoms with Gasteiger partial charge in [0, 0.05) is 0 Å². The van der Waals surface area contributed by atoms with Gasteiger partial charge in [-0.3, -0.25) is 0 Å². The summed E-state index contributed by atoms with van der Waals surface area (Å²) in [6.45, 7) is 4.00. The minimum atomic E-state index is -0.927. The van der Waals surface area contributed by atoms with E-state index in [1.165, 1.54) is 12.1 Å². The van der Waals surface area contributed by atoms with Crippen LogP contribution >= 0.6 is 0 Å². The first kappa shape index (κ1) is 12.0. The first-order valence-corrected chi connectivity index (χ1v) is 5.29. The van der Waals surface area contributed by atoms with Crippen molar-refractivity contribution in [1.29, 1.82) is 0 Å². The van der Waals surface area contributed by atoms with Crippen molar-refractivity contribution >= 4 is 21.5 Å².